The van der Waals surface area contributed by atoms with E-state index in [-0.39, 0.29) is 18.1 Å². The summed E-state index contributed by atoms with van der Waals surface area (Å²) in [5.74, 6) is 1.09. The molecule has 0 unspecified atom stereocenters. The second kappa shape index (κ2) is 8.66. The quantitative estimate of drug-likeness (QED) is 0.585. The number of hydrogen-bond acceptors (Lipinski definition) is 7. The molecule has 0 atom stereocenters. The highest BCUT2D eigenvalue weighted by Crippen LogP contribution is 2.36. The topological polar surface area (TPSA) is 90.0 Å². The summed E-state index contributed by atoms with van der Waals surface area (Å²) >= 11 is 0. The molecule has 0 aliphatic carbocycles. The van der Waals surface area contributed by atoms with Crippen LogP contribution in [0.25, 0.3) is 5.57 Å². The van der Waals surface area contributed by atoms with E-state index in [2.05, 4.69) is 10.3 Å². The number of ether oxygens (including phenoxy) is 3. The number of methoxy groups -OCH3 is 1. The Morgan fingerprint density at radius 2 is 1.79 bits per heavy atom. The van der Waals surface area contributed by atoms with Crippen LogP contribution in [-0.2, 0) is 16.1 Å². The average molecular weight is 443 g/mol. The molecular weight excluding hydrogens is 422 g/mol. The molecule has 0 radical (unpaired) electrons. The number of benzene rings is 2. The van der Waals surface area contributed by atoms with Gasteiger partial charge in [0.1, 0.15) is 24.7 Å². The Morgan fingerprint density at radius 3 is 2.52 bits per heavy atom. The molecule has 2 amide bonds. The van der Waals surface area contributed by atoms with Gasteiger partial charge in [-0.1, -0.05) is 18.2 Å². The van der Waals surface area contributed by atoms with Gasteiger partial charge in [0.2, 0.25) is 0 Å². The summed E-state index contributed by atoms with van der Waals surface area (Å²) in [5, 5.41) is 3.15. The number of nitrogens with one attached hydrogen (secondary N) is 1. The van der Waals surface area contributed by atoms with Crippen LogP contribution in [-0.4, -0.2) is 42.0 Å². The van der Waals surface area contributed by atoms with Gasteiger partial charge in [-0.3, -0.25) is 19.5 Å². The van der Waals surface area contributed by atoms with Crippen molar-refractivity contribution in [2.45, 2.75) is 6.54 Å². The summed E-state index contributed by atoms with van der Waals surface area (Å²) in [7, 11) is 1.57. The van der Waals surface area contributed by atoms with E-state index < -0.39 is 5.91 Å². The molecule has 0 fully saturated rings. The zero-order chi connectivity index (χ0) is 22.8. The van der Waals surface area contributed by atoms with Crippen molar-refractivity contribution in [2.24, 2.45) is 0 Å². The fourth-order valence-electron chi connectivity index (χ4n) is 3.80. The molecule has 3 aromatic rings. The molecule has 2 aromatic carbocycles. The number of nitrogens with zero attached hydrogens (tertiary/aromatic N) is 2. The standard InChI is InChI=1S/C25H21N3O5/c1-31-19-7-4-17(5-8-19)22-23(27-18-6-9-20-21(13-18)33-12-11-32-20)25(30)28(24(22)29)15-16-3-2-10-26-14-16/h2-10,13-14,27H,11-12,15H2,1H3. The Balaban J connectivity index is 1.52. The highest BCUT2D eigenvalue weighted by molar-refractivity contribution is 6.36. The van der Waals surface area contributed by atoms with Gasteiger partial charge in [0.25, 0.3) is 11.8 Å². The van der Waals surface area contributed by atoms with Crippen LogP contribution < -0.4 is 19.5 Å². The SMILES string of the molecule is COc1ccc(C2=C(Nc3ccc4c(c3)OCCO4)C(=O)N(Cc3cccnc3)C2=O)cc1. The Bertz CT molecular complexity index is 1240. The number of fused-ring (bicyclic) bond motifs is 1. The molecule has 33 heavy (non-hydrogen) atoms. The van der Waals surface area contributed by atoms with Crippen LogP contribution >= 0.6 is 0 Å². The van der Waals surface area contributed by atoms with Crippen molar-refractivity contribution in [3.8, 4) is 17.2 Å². The Kier molecular flexibility index (Phi) is 5.40. The molecule has 2 aliphatic rings. The number of imide groups is 1. The van der Waals surface area contributed by atoms with Crippen LogP contribution in [0.2, 0.25) is 0 Å². The maximum Gasteiger partial charge on any atom is 0.278 e. The number of rotatable bonds is 6. The molecule has 5 rings (SSSR count). The second-order valence-corrected chi connectivity index (χ2v) is 7.52. The average Bonchev–Trinajstić information content (AvgIpc) is 3.09. The van der Waals surface area contributed by atoms with Crippen LogP contribution in [0.5, 0.6) is 17.2 Å². The maximum atomic E-state index is 13.4. The Hall–Kier alpha value is -4.33. The molecule has 0 saturated carbocycles. The van der Waals surface area contributed by atoms with Crippen molar-refractivity contribution in [1.82, 2.24) is 9.88 Å². The van der Waals surface area contributed by atoms with E-state index in [1.807, 2.05) is 6.07 Å². The molecule has 166 valence electrons. The molecule has 3 heterocycles. The summed E-state index contributed by atoms with van der Waals surface area (Å²) < 4.78 is 16.4. The van der Waals surface area contributed by atoms with Crippen LogP contribution in [0.1, 0.15) is 11.1 Å². The second-order valence-electron chi connectivity index (χ2n) is 7.52. The number of amides is 2. The smallest absolute Gasteiger partial charge is 0.278 e. The van der Waals surface area contributed by atoms with Gasteiger partial charge in [0.05, 0.1) is 19.2 Å². The highest BCUT2D eigenvalue weighted by Gasteiger charge is 2.39. The maximum absolute atomic E-state index is 13.4. The first-order valence-corrected chi connectivity index (χ1v) is 10.4. The lowest BCUT2D eigenvalue weighted by molar-refractivity contribution is -0.137. The predicted octanol–water partition coefficient (Wildman–Crippen LogP) is 3.25. The van der Waals surface area contributed by atoms with E-state index in [4.69, 9.17) is 14.2 Å². The lowest BCUT2D eigenvalue weighted by Gasteiger charge is -2.19. The summed E-state index contributed by atoms with van der Waals surface area (Å²) in [6.45, 7) is 1.06. The fourth-order valence-corrected chi connectivity index (χ4v) is 3.80. The summed E-state index contributed by atoms with van der Waals surface area (Å²) in [5.41, 5.74) is 2.48. The van der Waals surface area contributed by atoms with Crippen molar-refractivity contribution < 1.29 is 23.8 Å². The third-order valence-electron chi connectivity index (χ3n) is 5.42. The lowest BCUT2D eigenvalue weighted by atomic mass is 10.0. The predicted molar refractivity (Wildman–Crippen MR) is 121 cm³/mol. The normalized spacial score (nSPS) is 15.1. The fraction of sp³-hybridized carbons (Fsp3) is 0.160. The van der Waals surface area contributed by atoms with Gasteiger partial charge in [0.15, 0.2) is 11.5 Å². The van der Waals surface area contributed by atoms with Crippen molar-refractivity contribution in [1.29, 1.82) is 0 Å². The van der Waals surface area contributed by atoms with Crippen molar-refractivity contribution in [3.05, 3.63) is 83.8 Å². The van der Waals surface area contributed by atoms with E-state index in [0.29, 0.717) is 47.3 Å². The third kappa shape index (κ3) is 3.98. The number of aromatic nitrogens is 1. The van der Waals surface area contributed by atoms with Gasteiger partial charge in [-0.05, 0) is 41.5 Å². The minimum atomic E-state index is -0.412. The number of pyridine rings is 1. The molecule has 2 aliphatic heterocycles. The van der Waals surface area contributed by atoms with Crippen molar-refractivity contribution in [2.75, 3.05) is 25.6 Å². The lowest BCUT2D eigenvalue weighted by Crippen LogP contribution is -2.32. The first-order chi connectivity index (χ1) is 16.1. The van der Waals surface area contributed by atoms with Crippen molar-refractivity contribution in [3.63, 3.8) is 0 Å². The summed E-state index contributed by atoms with van der Waals surface area (Å²) in [4.78, 5) is 32.1. The van der Waals surface area contributed by atoms with Gasteiger partial charge >= 0.3 is 0 Å². The molecule has 8 nitrogen and oxygen atoms in total. The zero-order valence-electron chi connectivity index (χ0n) is 17.9. The Labute approximate surface area is 190 Å². The van der Waals surface area contributed by atoms with Crippen LogP contribution in [0.15, 0.2) is 72.7 Å². The van der Waals surface area contributed by atoms with Gasteiger partial charge in [-0.15, -0.1) is 0 Å². The molecule has 0 spiro atoms. The molecule has 0 saturated heterocycles. The number of carbonyl (C=O) groups is 2. The highest BCUT2D eigenvalue weighted by atomic mass is 16.6. The first-order valence-electron chi connectivity index (χ1n) is 10.4. The monoisotopic (exact) mass is 443 g/mol. The van der Waals surface area contributed by atoms with Gasteiger partial charge < -0.3 is 19.5 Å². The molecule has 1 N–H and O–H groups in total. The van der Waals surface area contributed by atoms with E-state index in [1.54, 1.807) is 68.0 Å². The van der Waals surface area contributed by atoms with Gasteiger partial charge in [-0.2, -0.15) is 0 Å². The summed E-state index contributed by atoms with van der Waals surface area (Å²) in [6.07, 6.45) is 3.28. The molecule has 8 heteroatoms. The molecule has 1 aromatic heterocycles. The van der Waals surface area contributed by atoms with E-state index >= 15 is 0 Å². The van der Waals surface area contributed by atoms with Gasteiger partial charge in [0, 0.05) is 24.1 Å². The third-order valence-corrected chi connectivity index (χ3v) is 5.42. The van der Waals surface area contributed by atoms with Crippen LogP contribution in [0.4, 0.5) is 5.69 Å². The Morgan fingerprint density at radius 1 is 1.00 bits per heavy atom. The number of carbonyl (C=O) groups excluding carboxylic acids is 2. The largest absolute Gasteiger partial charge is 0.497 e. The van der Waals surface area contributed by atoms with E-state index in [0.717, 1.165) is 5.56 Å². The van der Waals surface area contributed by atoms with Crippen molar-refractivity contribution >= 4 is 23.1 Å². The van der Waals surface area contributed by atoms with E-state index in [1.165, 1.54) is 4.90 Å². The van der Waals surface area contributed by atoms with Gasteiger partial charge in [-0.25, -0.2) is 0 Å². The summed E-state index contributed by atoms with van der Waals surface area (Å²) in [6, 6.07) is 16.0. The molecule has 0 bridgehead atoms. The number of anilines is 1. The minimum Gasteiger partial charge on any atom is -0.497 e. The van der Waals surface area contributed by atoms with Crippen LogP contribution in [0.3, 0.4) is 0 Å². The zero-order valence-corrected chi connectivity index (χ0v) is 17.9. The first kappa shape index (κ1) is 20.6. The minimum absolute atomic E-state index is 0.123. The van der Waals surface area contributed by atoms with Crippen LogP contribution in [0, 0.1) is 0 Å². The van der Waals surface area contributed by atoms with E-state index in [9.17, 15) is 9.59 Å². The molecular formula is C25H21N3O5. The number of hydrogen-bond donors (Lipinski definition) is 1.